The van der Waals surface area contributed by atoms with Gasteiger partial charge < -0.3 is 14.8 Å². The van der Waals surface area contributed by atoms with E-state index in [0.29, 0.717) is 0 Å². The zero-order valence-electron chi connectivity index (χ0n) is 13.8. The van der Waals surface area contributed by atoms with Crippen molar-refractivity contribution in [1.82, 2.24) is 10.2 Å². The molecule has 0 saturated carbocycles. The van der Waals surface area contributed by atoms with Crippen molar-refractivity contribution in [2.24, 2.45) is 0 Å². The number of nitrogens with zero attached hydrogens (tertiary/aromatic N) is 1. The zero-order chi connectivity index (χ0) is 16.2. The van der Waals surface area contributed by atoms with Gasteiger partial charge in [-0.15, -0.1) is 0 Å². The fourth-order valence-electron chi connectivity index (χ4n) is 2.66. The van der Waals surface area contributed by atoms with E-state index in [2.05, 4.69) is 22.3 Å². The van der Waals surface area contributed by atoms with Gasteiger partial charge in [-0.25, -0.2) is 4.79 Å². The number of hydrogen-bond acceptors (Lipinski definition) is 4. The van der Waals surface area contributed by atoms with Crippen LogP contribution in [0.3, 0.4) is 0 Å². The van der Waals surface area contributed by atoms with Gasteiger partial charge in [-0.1, -0.05) is 30.3 Å². The van der Waals surface area contributed by atoms with Crippen molar-refractivity contribution < 1.29 is 14.3 Å². The molecule has 1 fully saturated rings. The van der Waals surface area contributed by atoms with Crippen LogP contribution in [0.1, 0.15) is 26.3 Å². The molecule has 0 aromatic heterocycles. The van der Waals surface area contributed by atoms with Gasteiger partial charge in [0.05, 0.1) is 12.1 Å². The van der Waals surface area contributed by atoms with Crippen molar-refractivity contribution in [3.05, 3.63) is 35.9 Å². The molecule has 0 radical (unpaired) electrons. The average Bonchev–Trinajstić information content (AvgIpc) is 2.79. The second-order valence-corrected chi connectivity index (χ2v) is 6.71. The van der Waals surface area contributed by atoms with Gasteiger partial charge in [-0.2, -0.15) is 0 Å². The first-order valence-electron chi connectivity index (χ1n) is 7.66. The largest absolute Gasteiger partial charge is 0.444 e. The maximum Gasteiger partial charge on any atom is 0.408 e. The van der Waals surface area contributed by atoms with Crippen molar-refractivity contribution in [3.8, 4) is 0 Å². The van der Waals surface area contributed by atoms with Crippen LogP contribution in [0.2, 0.25) is 0 Å². The summed E-state index contributed by atoms with van der Waals surface area (Å²) in [4.78, 5) is 14.2. The van der Waals surface area contributed by atoms with Crippen LogP contribution in [0.5, 0.6) is 0 Å². The van der Waals surface area contributed by atoms with Gasteiger partial charge in [0.25, 0.3) is 0 Å². The summed E-state index contributed by atoms with van der Waals surface area (Å²) in [6, 6.07) is 10.2. The summed E-state index contributed by atoms with van der Waals surface area (Å²) < 4.78 is 10.8. The van der Waals surface area contributed by atoms with E-state index in [9.17, 15) is 4.79 Å². The highest BCUT2D eigenvalue weighted by molar-refractivity contribution is 5.68. The molecule has 5 heteroatoms. The number of carbonyl (C=O) groups excluding carboxylic acids is 1. The summed E-state index contributed by atoms with van der Waals surface area (Å²) >= 11 is 0. The first-order valence-corrected chi connectivity index (χ1v) is 7.66. The maximum absolute atomic E-state index is 11.9. The fraction of sp³-hybridized carbons (Fsp3) is 0.588. The minimum Gasteiger partial charge on any atom is -0.444 e. The van der Waals surface area contributed by atoms with Crippen LogP contribution in [-0.4, -0.2) is 48.9 Å². The Morgan fingerprint density at radius 3 is 2.55 bits per heavy atom. The molecule has 1 aromatic carbocycles. The molecule has 2 atom stereocenters. The van der Waals surface area contributed by atoms with Gasteiger partial charge in [0.1, 0.15) is 5.60 Å². The van der Waals surface area contributed by atoms with Crippen molar-refractivity contribution in [3.63, 3.8) is 0 Å². The van der Waals surface area contributed by atoms with Gasteiger partial charge in [0, 0.05) is 26.7 Å². The lowest BCUT2D eigenvalue weighted by Gasteiger charge is -2.23. The molecule has 5 nitrogen and oxygen atoms in total. The quantitative estimate of drug-likeness (QED) is 0.928. The van der Waals surface area contributed by atoms with Crippen LogP contribution in [0.25, 0.3) is 0 Å². The van der Waals surface area contributed by atoms with Gasteiger partial charge in [0.2, 0.25) is 0 Å². The van der Waals surface area contributed by atoms with E-state index in [1.54, 1.807) is 7.11 Å². The number of amides is 1. The van der Waals surface area contributed by atoms with Crippen LogP contribution in [-0.2, 0) is 16.0 Å². The molecule has 1 aliphatic heterocycles. The number of alkyl carbamates (subject to hydrolysis) is 1. The summed E-state index contributed by atoms with van der Waals surface area (Å²) in [5.74, 6) is 0. The Morgan fingerprint density at radius 2 is 1.95 bits per heavy atom. The molecule has 1 aliphatic rings. The van der Waals surface area contributed by atoms with E-state index in [-0.39, 0.29) is 18.2 Å². The fourth-order valence-corrected chi connectivity index (χ4v) is 2.66. The van der Waals surface area contributed by atoms with Gasteiger partial charge in [-0.05, 0) is 26.3 Å². The number of carbonyl (C=O) groups is 1. The smallest absolute Gasteiger partial charge is 0.408 e. The summed E-state index contributed by atoms with van der Waals surface area (Å²) in [6.45, 7) is 7.98. The number of ether oxygens (including phenoxy) is 2. The predicted octanol–water partition coefficient (Wildman–Crippen LogP) is 2.41. The van der Waals surface area contributed by atoms with E-state index in [4.69, 9.17) is 9.47 Å². The topological polar surface area (TPSA) is 50.8 Å². The summed E-state index contributed by atoms with van der Waals surface area (Å²) in [6.07, 6.45) is -0.405. The molecule has 1 heterocycles. The second-order valence-electron chi connectivity index (χ2n) is 6.71. The molecule has 22 heavy (non-hydrogen) atoms. The third-order valence-corrected chi connectivity index (χ3v) is 3.60. The zero-order valence-corrected chi connectivity index (χ0v) is 13.8. The number of likely N-dealkylation sites (tertiary alicyclic amines) is 1. The molecular formula is C17H26N2O3. The molecule has 0 spiro atoms. The first kappa shape index (κ1) is 16.8. The van der Waals surface area contributed by atoms with E-state index in [0.717, 1.165) is 19.6 Å². The number of methoxy groups -OCH3 is 1. The monoisotopic (exact) mass is 306 g/mol. The van der Waals surface area contributed by atoms with Crippen molar-refractivity contribution in [2.75, 3.05) is 20.2 Å². The lowest BCUT2D eigenvalue weighted by atomic mass is 10.2. The van der Waals surface area contributed by atoms with Crippen molar-refractivity contribution in [2.45, 2.75) is 45.1 Å². The molecule has 1 amide bonds. The minimum atomic E-state index is -0.491. The van der Waals surface area contributed by atoms with Crippen LogP contribution in [0.4, 0.5) is 4.79 Å². The number of hydrogen-bond donors (Lipinski definition) is 1. The number of nitrogens with one attached hydrogen (secondary N) is 1. The van der Waals surface area contributed by atoms with Gasteiger partial charge in [0.15, 0.2) is 0 Å². The molecule has 1 aromatic rings. The molecule has 0 bridgehead atoms. The Morgan fingerprint density at radius 1 is 1.27 bits per heavy atom. The normalized spacial score (nSPS) is 22.5. The second kappa shape index (κ2) is 7.11. The Labute approximate surface area is 132 Å². The SMILES string of the molecule is CO[C@H]1CN(Cc2ccccc2)C[C@@H]1NC(=O)OC(C)(C)C. The van der Waals surface area contributed by atoms with Crippen LogP contribution >= 0.6 is 0 Å². The van der Waals surface area contributed by atoms with Crippen LogP contribution < -0.4 is 5.32 Å². The molecule has 1 saturated heterocycles. The molecule has 122 valence electrons. The number of benzene rings is 1. The molecular weight excluding hydrogens is 280 g/mol. The summed E-state index contributed by atoms with van der Waals surface area (Å²) in [7, 11) is 1.68. The summed E-state index contributed by atoms with van der Waals surface area (Å²) in [5.41, 5.74) is 0.768. The number of rotatable bonds is 4. The highest BCUT2D eigenvalue weighted by atomic mass is 16.6. The molecule has 1 N–H and O–H groups in total. The van der Waals surface area contributed by atoms with Crippen molar-refractivity contribution in [1.29, 1.82) is 0 Å². The van der Waals surface area contributed by atoms with E-state index in [1.807, 2.05) is 39.0 Å². The lowest BCUT2D eigenvalue weighted by molar-refractivity contribution is 0.0415. The van der Waals surface area contributed by atoms with Crippen LogP contribution in [0, 0.1) is 0 Å². The van der Waals surface area contributed by atoms with Crippen molar-refractivity contribution >= 4 is 6.09 Å². The standard InChI is InChI=1S/C17H26N2O3/c1-17(2,3)22-16(20)18-14-11-19(12-15(14)21-4)10-13-8-6-5-7-9-13/h5-9,14-15H,10-12H2,1-4H3,(H,18,20)/t14-,15-/m0/s1. The highest BCUT2D eigenvalue weighted by Crippen LogP contribution is 2.17. The average molecular weight is 306 g/mol. The predicted molar refractivity (Wildman–Crippen MR) is 85.7 cm³/mol. The Kier molecular flexibility index (Phi) is 5.42. The Bertz CT molecular complexity index is 484. The van der Waals surface area contributed by atoms with Gasteiger partial charge in [-0.3, -0.25) is 4.90 Å². The maximum atomic E-state index is 11.9. The van der Waals surface area contributed by atoms with Gasteiger partial charge >= 0.3 is 6.09 Å². The third kappa shape index (κ3) is 5.00. The van der Waals surface area contributed by atoms with E-state index >= 15 is 0 Å². The summed E-state index contributed by atoms with van der Waals surface area (Å²) in [5, 5.41) is 2.92. The highest BCUT2D eigenvalue weighted by Gasteiger charge is 2.34. The molecule has 0 unspecified atom stereocenters. The first-order chi connectivity index (χ1) is 10.4. The Hall–Kier alpha value is -1.59. The van der Waals surface area contributed by atoms with E-state index < -0.39 is 5.60 Å². The molecule has 2 rings (SSSR count). The molecule has 0 aliphatic carbocycles. The Balaban J connectivity index is 1.90. The minimum absolute atomic E-state index is 0.0174. The lowest BCUT2D eigenvalue weighted by Crippen LogP contribution is -2.45. The van der Waals surface area contributed by atoms with E-state index in [1.165, 1.54) is 5.56 Å². The third-order valence-electron chi connectivity index (χ3n) is 3.60. The van der Waals surface area contributed by atoms with Crippen LogP contribution in [0.15, 0.2) is 30.3 Å².